The Kier molecular flexibility index (Phi) is 12.1. The van der Waals surface area contributed by atoms with E-state index in [-0.39, 0.29) is 24.0 Å². The summed E-state index contributed by atoms with van der Waals surface area (Å²) in [5, 5.41) is 6.76. The Morgan fingerprint density at radius 2 is 1.74 bits per heavy atom. The number of ether oxygens (including phenoxy) is 1. The first-order chi connectivity index (χ1) is 10.9. The number of nitrogens with zero attached hydrogens (tertiary/aromatic N) is 1. The summed E-state index contributed by atoms with van der Waals surface area (Å²) < 4.78 is 6.03. The van der Waals surface area contributed by atoms with E-state index in [2.05, 4.69) is 22.5 Å². The fourth-order valence-corrected chi connectivity index (χ4v) is 2.95. The second-order valence-electron chi connectivity index (χ2n) is 6.78. The maximum Gasteiger partial charge on any atom is 0.191 e. The van der Waals surface area contributed by atoms with Crippen LogP contribution in [0.2, 0.25) is 0 Å². The molecule has 0 aromatic heterocycles. The lowest BCUT2D eigenvalue weighted by Crippen LogP contribution is -2.38. The highest BCUT2D eigenvalue weighted by atomic mass is 127. The van der Waals surface area contributed by atoms with Crippen LogP contribution in [0, 0.1) is 5.92 Å². The third-order valence-corrected chi connectivity index (χ3v) is 4.57. The smallest absolute Gasteiger partial charge is 0.191 e. The number of hydrogen-bond donors (Lipinski definition) is 2. The molecule has 136 valence electrons. The molecule has 2 aliphatic rings. The molecule has 0 atom stereocenters. The molecule has 2 saturated carbocycles. The lowest BCUT2D eigenvalue weighted by molar-refractivity contribution is 0.0411. The molecule has 5 heteroatoms. The average molecular weight is 437 g/mol. The largest absolute Gasteiger partial charge is 0.378 e. The van der Waals surface area contributed by atoms with Gasteiger partial charge in [-0.05, 0) is 51.4 Å². The van der Waals surface area contributed by atoms with Gasteiger partial charge in [0.2, 0.25) is 0 Å². The fourth-order valence-electron chi connectivity index (χ4n) is 2.95. The van der Waals surface area contributed by atoms with Crippen LogP contribution in [-0.4, -0.2) is 38.3 Å². The van der Waals surface area contributed by atoms with Crippen LogP contribution in [0.15, 0.2) is 4.99 Å². The van der Waals surface area contributed by atoms with Crippen molar-refractivity contribution in [2.45, 2.75) is 77.2 Å². The van der Waals surface area contributed by atoms with Crippen LogP contribution in [0.3, 0.4) is 0 Å². The van der Waals surface area contributed by atoms with Crippen LogP contribution < -0.4 is 10.6 Å². The maximum atomic E-state index is 6.03. The van der Waals surface area contributed by atoms with Crippen LogP contribution in [-0.2, 0) is 4.74 Å². The van der Waals surface area contributed by atoms with Crippen LogP contribution in [0.5, 0.6) is 0 Å². The van der Waals surface area contributed by atoms with Crippen LogP contribution in [0.25, 0.3) is 0 Å². The Balaban J connectivity index is 0.00000264. The van der Waals surface area contributed by atoms with Crippen molar-refractivity contribution in [2.75, 3.05) is 26.2 Å². The van der Waals surface area contributed by atoms with Gasteiger partial charge in [0.25, 0.3) is 0 Å². The van der Waals surface area contributed by atoms with Gasteiger partial charge in [-0.2, -0.15) is 0 Å². The Bertz CT molecular complexity index is 313. The molecule has 0 saturated heterocycles. The summed E-state index contributed by atoms with van der Waals surface area (Å²) in [4.78, 5) is 4.64. The molecule has 23 heavy (non-hydrogen) atoms. The van der Waals surface area contributed by atoms with Crippen molar-refractivity contribution in [1.82, 2.24) is 10.6 Å². The van der Waals surface area contributed by atoms with Gasteiger partial charge in [0.05, 0.1) is 6.10 Å². The molecular formula is C18H36IN3O. The van der Waals surface area contributed by atoms with Gasteiger partial charge in [0.15, 0.2) is 5.96 Å². The summed E-state index contributed by atoms with van der Waals surface area (Å²) in [6.07, 6.45) is 13.6. The molecular weight excluding hydrogens is 401 g/mol. The Hall–Kier alpha value is -0.0400. The van der Waals surface area contributed by atoms with Gasteiger partial charge in [-0.15, -0.1) is 24.0 Å². The number of rotatable bonds is 9. The second kappa shape index (κ2) is 13.3. The second-order valence-corrected chi connectivity index (χ2v) is 6.78. The van der Waals surface area contributed by atoms with E-state index in [0.717, 1.165) is 51.0 Å². The Morgan fingerprint density at radius 1 is 1.00 bits per heavy atom. The number of unbranched alkanes of at least 4 members (excludes halogenated alkanes) is 1. The van der Waals surface area contributed by atoms with Gasteiger partial charge >= 0.3 is 0 Å². The number of halogens is 1. The topological polar surface area (TPSA) is 45.7 Å². The zero-order valence-corrected chi connectivity index (χ0v) is 17.1. The van der Waals surface area contributed by atoms with Crippen LogP contribution in [0.4, 0.5) is 0 Å². The van der Waals surface area contributed by atoms with Crippen molar-refractivity contribution >= 4 is 29.9 Å². The van der Waals surface area contributed by atoms with Gasteiger partial charge < -0.3 is 15.4 Å². The minimum absolute atomic E-state index is 0. The van der Waals surface area contributed by atoms with Gasteiger partial charge in [0.1, 0.15) is 0 Å². The number of nitrogens with one attached hydrogen (secondary N) is 2. The molecule has 2 N–H and O–H groups in total. The molecule has 2 aliphatic carbocycles. The third kappa shape index (κ3) is 10.4. The van der Waals surface area contributed by atoms with E-state index in [0.29, 0.717) is 6.10 Å². The highest BCUT2D eigenvalue weighted by Gasteiger charge is 2.20. The zero-order chi connectivity index (χ0) is 15.5. The zero-order valence-electron chi connectivity index (χ0n) is 14.8. The van der Waals surface area contributed by atoms with E-state index >= 15 is 0 Å². The van der Waals surface area contributed by atoms with E-state index in [1.807, 2.05) is 0 Å². The van der Waals surface area contributed by atoms with Crippen LogP contribution in [0.1, 0.15) is 71.1 Å². The van der Waals surface area contributed by atoms with Crippen molar-refractivity contribution < 1.29 is 4.74 Å². The van der Waals surface area contributed by atoms with Crippen molar-refractivity contribution in [3.63, 3.8) is 0 Å². The molecule has 0 heterocycles. The number of guanidine groups is 1. The summed E-state index contributed by atoms with van der Waals surface area (Å²) >= 11 is 0. The highest BCUT2D eigenvalue weighted by Crippen LogP contribution is 2.28. The normalized spacial score (nSPS) is 19.8. The molecule has 0 bridgehead atoms. The standard InChI is InChI=1S/C18H35N3O.HI/c1-2-19-18(21-15-16-11-12-16)20-13-7-8-14-22-17-9-5-3-4-6-10-17;/h16-17H,2-15H2,1H3,(H2,19,20,21);1H. The summed E-state index contributed by atoms with van der Waals surface area (Å²) in [6.45, 7) is 5.95. The Labute approximate surface area is 159 Å². The molecule has 0 spiro atoms. The molecule has 0 amide bonds. The molecule has 0 aliphatic heterocycles. The molecule has 4 nitrogen and oxygen atoms in total. The summed E-state index contributed by atoms with van der Waals surface area (Å²) in [5.41, 5.74) is 0. The highest BCUT2D eigenvalue weighted by molar-refractivity contribution is 14.0. The van der Waals surface area contributed by atoms with Crippen molar-refractivity contribution in [1.29, 1.82) is 0 Å². The number of aliphatic imine (C=N–C) groups is 1. The van der Waals surface area contributed by atoms with E-state index in [1.54, 1.807) is 0 Å². The molecule has 2 rings (SSSR count). The monoisotopic (exact) mass is 437 g/mol. The van der Waals surface area contributed by atoms with Gasteiger partial charge in [-0.3, -0.25) is 4.99 Å². The first kappa shape index (κ1) is 21.0. The molecule has 0 aromatic carbocycles. The SMILES string of the molecule is CCNC(=NCC1CC1)NCCCCOC1CCCCCC1.I. The number of hydrogen-bond acceptors (Lipinski definition) is 2. The first-order valence-electron chi connectivity index (χ1n) is 9.52. The van der Waals surface area contributed by atoms with Crippen molar-refractivity contribution in [3.05, 3.63) is 0 Å². The predicted octanol–water partition coefficient (Wildman–Crippen LogP) is 4.09. The van der Waals surface area contributed by atoms with Crippen molar-refractivity contribution in [3.8, 4) is 0 Å². The summed E-state index contributed by atoms with van der Waals surface area (Å²) in [6, 6.07) is 0. The van der Waals surface area contributed by atoms with Gasteiger partial charge in [0, 0.05) is 26.2 Å². The summed E-state index contributed by atoms with van der Waals surface area (Å²) in [7, 11) is 0. The Morgan fingerprint density at radius 3 is 2.39 bits per heavy atom. The quantitative estimate of drug-likeness (QED) is 0.188. The van der Waals surface area contributed by atoms with Gasteiger partial charge in [-0.25, -0.2) is 0 Å². The average Bonchev–Trinajstić information content (AvgIpc) is 3.35. The lowest BCUT2D eigenvalue weighted by Gasteiger charge is -2.15. The van der Waals surface area contributed by atoms with E-state index in [4.69, 9.17) is 4.74 Å². The first-order valence-corrected chi connectivity index (χ1v) is 9.52. The van der Waals surface area contributed by atoms with E-state index < -0.39 is 0 Å². The molecule has 0 unspecified atom stereocenters. The summed E-state index contributed by atoms with van der Waals surface area (Å²) in [5.74, 6) is 1.84. The third-order valence-electron chi connectivity index (χ3n) is 4.57. The molecule has 0 radical (unpaired) electrons. The maximum absolute atomic E-state index is 6.03. The molecule has 0 aromatic rings. The minimum Gasteiger partial charge on any atom is -0.378 e. The lowest BCUT2D eigenvalue weighted by atomic mass is 10.1. The predicted molar refractivity (Wildman–Crippen MR) is 109 cm³/mol. The van der Waals surface area contributed by atoms with Crippen molar-refractivity contribution in [2.24, 2.45) is 10.9 Å². The van der Waals surface area contributed by atoms with Crippen LogP contribution >= 0.6 is 24.0 Å². The van der Waals surface area contributed by atoms with E-state index in [9.17, 15) is 0 Å². The fraction of sp³-hybridized carbons (Fsp3) is 0.944. The molecule has 2 fully saturated rings. The minimum atomic E-state index is 0. The van der Waals surface area contributed by atoms with E-state index in [1.165, 1.54) is 51.4 Å². The van der Waals surface area contributed by atoms with Gasteiger partial charge in [-0.1, -0.05) is 25.7 Å².